The van der Waals surface area contributed by atoms with Crippen molar-refractivity contribution in [3.8, 4) is 0 Å². The summed E-state index contributed by atoms with van der Waals surface area (Å²) in [5, 5.41) is 18.7. The van der Waals surface area contributed by atoms with Gasteiger partial charge in [-0.25, -0.2) is 4.98 Å². The lowest BCUT2D eigenvalue weighted by Gasteiger charge is -2.32. The Labute approximate surface area is 139 Å². The Morgan fingerprint density at radius 3 is 2.78 bits per heavy atom. The monoisotopic (exact) mass is 335 g/mol. The first kappa shape index (κ1) is 16.1. The van der Waals surface area contributed by atoms with E-state index in [9.17, 15) is 9.90 Å². The van der Waals surface area contributed by atoms with Gasteiger partial charge in [-0.05, 0) is 12.3 Å². The number of hydrogen-bond acceptors (Lipinski definition) is 6. The summed E-state index contributed by atoms with van der Waals surface area (Å²) in [6.45, 7) is 9.66. The molecule has 2 aromatic heterocycles. The molecule has 0 saturated carbocycles. The van der Waals surface area contributed by atoms with Crippen LogP contribution in [0.25, 0.3) is 0 Å². The van der Waals surface area contributed by atoms with Gasteiger partial charge in [0.05, 0.1) is 19.6 Å². The van der Waals surface area contributed by atoms with Crippen LogP contribution in [-0.2, 0) is 29.8 Å². The molecule has 1 unspecified atom stereocenters. The minimum Gasteiger partial charge on any atom is -0.480 e. The molecule has 1 aliphatic rings. The maximum absolute atomic E-state index is 11.6. The number of carboxylic acid groups (broad SMARTS) is 1. The predicted molar refractivity (Wildman–Crippen MR) is 86.2 cm³/mol. The lowest BCUT2D eigenvalue weighted by molar-refractivity contribution is -0.145. The van der Waals surface area contributed by atoms with Crippen molar-refractivity contribution in [2.24, 2.45) is 0 Å². The van der Waals surface area contributed by atoms with Gasteiger partial charge in [0.25, 0.3) is 0 Å². The van der Waals surface area contributed by atoms with Gasteiger partial charge < -0.3 is 9.67 Å². The first-order valence-electron chi connectivity index (χ1n) is 7.56. The molecular formula is C15H21N5O2S. The molecule has 0 bridgehead atoms. The fourth-order valence-corrected chi connectivity index (χ4v) is 3.66. The van der Waals surface area contributed by atoms with E-state index in [1.807, 2.05) is 22.6 Å². The number of nitrogens with zero attached hydrogens (tertiary/aromatic N) is 5. The third kappa shape index (κ3) is 3.13. The van der Waals surface area contributed by atoms with E-state index in [0.717, 1.165) is 16.7 Å². The summed E-state index contributed by atoms with van der Waals surface area (Å²) in [4.78, 5) is 19.2. The molecule has 0 radical (unpaired) electrons. The Bertz CT molecular complexity index is 731. The smallest absolute Gasteiger partial charge is 0.322 e. The van der Waals surface area contributed by atoms with E-state index in [-0.39, 0.29) is 5.41 Å². The molecular weight excluding hydrogens is 314 g/mol. The van der Waals surface area contributed by atoms with E-state index in [4.69, 9.17) is 0 Å². The van der Waals surface area contributed by atoms with E-state index in [1.54, 1.807) is 11.3 Å². The topological polar surface area (TPSA) is 84.1 Å². The number of aryl methyl sites for hydroxylation is 1. The van der Waals surface area contributed by atoms with Crippen LogP contribution in [0.3, 0.4) is 0 Å². The van der Waals surface area contributed by atoms with Crippen LogP contribution in [0, 0.1) is 6.92 Å². The second-order valence-corrected chi connectivity index (χ2v) is 8.02. The van der Waals surface area contributed by atoms with Crippen LogP contribution in [0.4, 0.5) is 0 Å². The molecule has 23 heavy (non-hydrogen) atoms. The Hall–Kier alpha value is -1.80. The molecule has 0 fully saturated rings. The van der Waals surface area contributed by atoms with Crippen molar-refractivity contribution >= 4 is 17.3 Å². The van der Waals surface area contributed by atoms with Gasteiger partial charge >= 0.3 is 5.97 Å². The lowest BCUT2D eigenvalue weighted by atomic mass is 9.96. The van der Waals surface area contributed by atoms with Crippen molar-refractivity contribution in [2.75, 3.05) is 0 Å². The molecule has 1 aliphatic heterocycles. The fourth-order valence-electron chi connectivity index (χ4n) is 2.66. The summed E-state index contributed by atoms with van der Waals surface area (Å²) in [5.41, 5.74) is 0.0568. The van der Waals surface area contributed by atoms with E-state index in [0.29, 0.717) is 19.6 Å². The number of carboxylic acids is 1. The zero-order chi connectivity index (χ0) is 16.8. The third-order valence-electron chi connectivity index (χ3n) is 4.07. The number of rotatable bonds is 3. The zero-order valence-corrected chi connectivity index (χ0v) is 14.6. The first-order valence-corrected chi connectivity index (χ1v) is 8.38. The Morgan fingerprint density at radius 1 is 1.43 bits per heavy atom. The Kier molecular flexibility index (Phi) is 3.97. The molecule has 1 N–H and O–H groups in total. The molecule has 0 saturated heterocycles. The summed E-state index contributed by atoms with van der Waals surface area (Å²) in [6.07, 6.45) is 1.90. The van der Waals surface area contributed by atoms with Gasteiger partial charge in [-0.1, -0.05) is 20.8 Å². The average molecular weight is 335 g/mol. The van der Waals surface area contributed by atoms with Crippen molar-refractivity contribution in [1.29, 1.82) is 0 Å². The Morgan fingerprint density at radius 2 is 2.17 bits per heavy atom. The molecule has 0 amide bonds. The minimum atomic E-state index is -0.823. The summed E-state index contributed by atoms with van der Waals surface area (Å²) in [5.74, 6) is 0.749. The zero-order valence-electron chi connectivity index (χ0n) is 13.8. The van der Waals surface area contributed by atoms with Crippen LogP contribution in [0.5, 0.6) is 0 Å². The number of aliphatic carboxylic acids is 1. The quantitative estimate of drug-likeness (QED) is 0.921. The van der Waals surface area contributed by atoms with Gasteiger partial charge in [-0.2, -0.15) is 0 Å². The standard InChI is InChI=1S/C15H21N5O2S/c1-9-17-18-12-7-19(10(14(21)22)6-20(9)12)8-13-16-5-11(23-13)15(2,3)4/h5,10H,6-8H2,1-4H3,(H,21,22). The van der Waals surface area contributed by atoms with E-state index >= 15 is 0 Å². The summed E-state index contributed by atoms with van der Waals surface area (Å²) < 4.78 is 1.89. The lowest BCUT2D eigenvalue weighted by Crippen LogP contribution is -2.47. The molecule has 0 aliphatic carbocycles. The number of thiazole rings is 1. The maximum Gasteiger partial charge on any atom is 0.322 e. The van der Waals surface area contributed by atoms with E-state index in [1.165, 1.54) is 4.88 Å². The summed E-state index contributed by atoms with van der Waals surface area (Å²) in [6, 6.07) is -0.584. The highest BCUT2D eigenvalue weighted by molar-refractivity contribution is 7.11. The second-order valence-electron chi connectivity index (χ2n) is 6.90. The van der Waals surface area contributed by atoms with Gasteiger partial charge in [-0.3, -0.25) is 9.69 Å². The average Bonchev–Trinajstić information content (AvgIpc) is 3.05. The minimum absolute atomic E-state index is 0.0568. The largest absolute Gasteiger partial charge is 0.480 e. The molecule has 3 rings (SSSR count). The highest BCUT2D eigenvalue weighted by Crippen LogP contribution is 2.29. The van der Waals surface area contributed by atoms with E-state index < -0.39 is 12.0 Å². The number of hydrogen-bond donors (Lipinski definition) is 1. The van der Waals surface area contributed by atoms with E-state index in [2.05, 4.69) is 36.0 Å². The normalized spacial score (nSPS) is 18.9. The highest BCUT2D eigenvalue weighted by Gasteiger charge is 2.34. The van der Waals surface area contributed by atoms with Crippen molar-refractivity contribution in [3.05, 3.63) is 27.7 Å². The Balaban J connectivity index is 1.83. The number of carbonyl (C=O) groups is 1. The van der Waals surface area contributed by atoms with Crippen LogP contribution in [0.1, 0.15) is 42.3 Å². The van der Waals surface area contributed by atoms with Crippen LogP contribution in [0.2, 0.25) is 0 Å². The molecule has 7 nitrogen and oxygen atoms in total. The molecule has 2 aromatic rings. The molecule has 0 aromatic carbocycles. The van der Waals surface area contributed by atoms with Gasteiger partial charge in [0.2, 0.25) is 0 Å². The van der Waals surface area contributed by atoms with Crippen LogP contribution in [-0.4, -0.2) is 41.8 Å². The van der Waals surface area contributed by atoms with Crippen molar-refractivity contribution in [2.45, 2.75) is 58.8 Å². The second kappa shape index (κ2) is 5.68. The highest BCUT2D eigenvalue weighted by atomic mass is 32.1. The summed E-state index contributed by atoms with van der Waals surface area (Å²) >= 11 is 1.65. The first-order chi connectivity index (χ1) is 10.8. The van der Waals surface area contributed by atoms with Gasteiger partial charge in [-0.15, -0.1) is 21.5 Å². The predicted octanol–water partition coefficient (Wildman–Crippen LogP) is 1.81. The van der Waals surface area contributed by atoms with Crippen LogP contribution < -0.4 is 0 Å². The van der Waals surface area contributed by atoms with Gasteiger partial charge in [0, 0.05) is 11.1 Å². The molecule has 3 heterocycles. The van der Waals surface area contributed by atoms with Crippen LogP contribution >= 0.6 is 11.3 Å². The van der Waals surface area contributed by atoms with Crippen molar-refractivity contribution in [1.82, 2.24) is 24.6 Å². The fraction of sp³-hybridized carbons (Fsp3) is 0.600. The van der Waals surface area contributed by atoms with Crippen LogP contribution in [0.15, 0.2) is 6.20 Å². The molecule has 0 spiro atoms. The SMILES string of the molecule is Cc1nnc2n1CC(C(=O)O)N(Cc1ncc(C(C)(C)C)s1)C2. The summed E-state index contributed by atoms with van der Waals surface area (Å²) in [7, 11) is 0. The molecule has 8 heteroatoms. The molecule has 1 atom stereocenters. The van der Waals surface area contributed by atoms with Gasteiger partial charge in [0.15, 0.2) is 0 Å². The maximum atomic E-state index is 11.6. The number of aromatic nitrogens is 4. The van der Waals surface area contributed by atoms with Crippen molar-refractivity contribution in [3.63, 3.8) is 0 Å². The number of fused-ring (bicyclic) bond motifs is 1. The third-order valence-corrected chi connectivity index (χ3v) is 5.48. The van der Waals surface area contributed by atoms with Crippen molar-refractivity contribution < 1.29 is 9.90 Å². The molecule has 124 valence electrons. The van der Waals surface area contributed by atoms with Gasteiger partial charge in [0.1, 0.15) is 22.7 Å².